The number of nitrogens with zero attached hydrogens (tertiary/aromatic N) is 4. The van der Waals surface area contributed by atoms with Gasteiger partial charge in [0.2, 0.25) is 5.65 Å². The largest absolute Gasteiger partial charge is 0.381 e. The van der Waals surface area contributed by atoms with E-state index in [1.54, 1.807) is 18.5 Å². The number of ether oxygens (including phenoxy) is 1. The van der Waals surface area contributed by atoms with Gasteiger partial charge in [0.1, 0.15) is 5.82 Å². The summed E-state index contributed by atoms with van der Waals surface area (Å²) in [6.45, 7) is 2.47. The predicted octanol–water partition coefficient (Wildman–Crippen LogP) is 2.77. The maximum absolute atomic E-state index is 13.5. The quantitative estimate of drug-likeness (QED) is 0.798. The van der Waals surface area contributed by atoms with Gasteiger partial charge in [-0.1, -0.05) is 12.1 Å². The zero-order valence-corrected chi connectivity index (χ0v) is 13.2. The smallest absolute Gasteiger partial charge is 0.203 e. The zero-order valence-electron chi connectivity index (χ0n) is 13.2. The van der Waals surface area contributed by atoms with Gasteiger partial charge in [0.25, 0.3) is 0 Å². The maximum Gasteiger partial charge on any atom is 0.203 e. The van der Waals surface area contributed by atoms with Crippen molar-refractivity contribution in [3.05, 3.63) is 42.5 Å². The first kappa shape index (κ1) is 15.0. The number of nitrogens with one attached hydrogen (secondary N) is 1. The van der Waals surface area contributed by atoms with Crippen LogP contribution in [0.5, 0.6) is 0 Å². The molecule has 1 aliphatic rings. The lowest BCUT2D eigenvalue weighted by molar-refractivity contribution is 0.0699. The Balaban J connectivity index is 1.61. The van der Waals surface area contributed by atoms with Crippen LogP contribution < -0.4 is 5.32 Å². The van der Waals surface area contributed by atoms with Gasteiger partial charge < -0.3 is 10.1 Å². The maximum atomic E-state index is 13.5. The van der Waals surface area contributed by atoms with Crippen molar-refractivity contribution in [2.75, 3.05) is 25.1 Å². The molecular formula is C17H18FN5O. The monoisotopic (exact) mass is 327 g/mol. The van der Waals surface area contributed by atoms with Crippen LogP contribution in [-0.2, 0) is 4.74 Å². The van der Waals surface area contributed by atoms with Gasteiger partial charge in [0.15, 0.2) is 11.6 Å². The molecule has 124 valence electrons. The Morgan fingerprint density at radius 2 is 2.12 bits per heavy atom. The molecule has 3 aromatic rings. The van der Waals surface area contributed by atoms with Gasteiger partial charge in [-0.25, -0.2) is 9.37 Å². The first-order valence-electron chi connectivity index (χ1n) is 8.08. The molecule has 6 nitrogen and oxygen atoms in total. The summed E-state index contributed by atoms with van der Waals surface area (Å²) in [5, 5.41) is 11.8. The molecule has 1 fully saturated rings. The molecule has 2 aromatic heterocycles. The average molecular weight is 327 g/mol. The second-order valence-electron chi connectivity index (χ2n) is 5.94. The normalized spacial score (nSPS) is 15.7. The summed E-state index contributed by atoms with van der Waals surface area (Å²) in [4.78, 5) is 4.38. The summed E-state index contributed by atoms with van der Waals surface area (Å²) in [5.41, 5.74) is 1.33. The van der Waals surface area contributed by atoms with E-state index in [1.165, 1.54) is 12.1 Å². The standard InChI is InChI=1S/C17H18FN5O/c18-14-3-1-2-13(10-14)16-21-22-17-15(19-6-7-23(16)17)20-11-12-4-8-24-9-5-12/h1-3,6-7,10,12H,4-5,8-9,11H2,(H,19,20). The Morgan fingerprint density at radius 3 is 2.96 bits per heavy atom. The number of anilines is 1. The number of aromatic nitrogens is 4. The van der Waals surface area contributed by atoms with Crippen LogP contribution in [0.15, 0.2) is 36.7 Å². The average Bonchev–Trinajstić information content (AvgIpc) is 3.05. The first-order chi connectivity index (χ1) is 11.8. The molecule has 0 bridgehead atoms. The van der Waals surface area contributed by atoms with Crippen molar-refractivity contribution in [2.45, 2.75) is 12.8 Å². The van der Waals surface area contributed by atoms with Crippen molar-refractivity contribution >= 4 is 11.5 Å². The van der Waals surface area contributed by atoms with Gasteiger partial charge in [-0.05, 0) is 30.9 Å². The molecule has 0 atom stereocenters. The predicted molar refractivity (Wildman–Crippen MR) is 88.2 cm³/mol. The number of hydrogen-bond acceptors (Lipinski definition) is 5. The molecule has 7 heteroatoms. The van der Waals surface area contributed by atoms with Crippen molar-refractivity contribution in [1.29, 1.82) is 0 Å². The van der Waals surface area contributed by atoms with Gasteiger partial charge in [0, 0.05) is 37.7 Å². The van der Waals surface area contributed by atoms with Crippen molar-refractivity contribution in [1.82, 2.24) is 19.6 Å². The van der Waals surface area contributed by atoms with Crippen LogP contribution in [0.3, 0.4) is 0 Å². The third kappa shape index (κ3) is 2.94. The van der Waals surface area contributed by atoms with Gasteiger partial charge >= 0.3 is 0 Å². The van der Waals surface area contributed by atoms with E-state index in [0.717, 1.165) is 32.6 Å². The third-order valence-electron chi connectivity index (χ3n) is 4.31. The fourth-order valence-corrected chi connectivity index (χ4v) is 2.97. The van der Waals surface area contributed by atoms with Crippen LogP contribution in [0.4, 0.5) is 10.2 Å². The highest BCUT2D eigenvalue weighted by Crippen LogP contribution is 2.22. The molecule has 4 rings (SSSR count). The first-order valence-corrected chi connectivity index (χ1v) is 8.08. The zero-order chi connectivity index (χ0) is 16.4. The van der Waals surface area contributed by atoms with Crippen LogP contribution in [-0.4, -0.2) is 39.3 Å². The summed E-state index contributed by atoms with van der Waals surface area (Å²) < 4.78 is 20.7. The molecule has 1 N–H and O–H groups in total. The molecule has 24 heavy (non-hydrogen) atoms. The summed E-state index contributed by atoms with van der Waals surface area (Å²) in [5.74, 6) is 1.57. The lowest BCUT2D eigenvalue weighted by atomic mass is 10.0. The number of hydrogen-bond donors (Lipinski definition) is 1. The lowest BCUT2D eigenvalue weighted by Gasteiger charge is -2.22. The Bertz CT molecular complexity index is 844. The van der Waals surface area contributed by atoms with Crippen molar-refractivity contribution in [3.8, 4) is 11.4 Å². The van der Waals surface area contributed by atoms with Gasteiger partial charge in [-0.3, -0.25) is 4.40 Å². The van der Waals surface area contributed by atoms with E-state index in [2.05, 4.69) is 20.5 Å². The van der Waals surface area contributed by atoms with Gasteiger partial charge in [0.05, 0.1) is 0 Å². The third-order valence-corrected chi connectivity index (χ3v) is 4.31. The molecule has 1 aromatic carbocycles. The Hall–Kier alpha value is -2.54. The molecule has 1 saturated heterocycles. The van der Waals surface area contributed by atoms with Crippen molar-refractivity contribution in [2.24, 2.45) is 5.92 Å². The van der Waals surface area contributed by atoms with E-state index >= 15 is 0 Å². The minimum Gasteiger partial charge on any atom is -0.381 e. The molecule has 1 aliphatic heterocycles. The van der Waals surface area contributed by atoms with Crippen LogP contribution in [0, 0.1) is 11.7 Å². The van der Waals surface area contributed by atoms with E-state index in [4.69, 9.17) is 4.74 Å². The molecule has 3 heterocycles. The molecule has 0 radical (unpaired) electrons. The number of fused-ring (bicyclic) bond motifs is 1. The highest BCUT2D eigenvalue weighted by atomic mass is 19.1. The molecule has 0 amide bonds. The van der Waals surface area contributed by atoms with Crippen molar-refractivity contribution in [3.63, 3.8) is 0 Å². The van der Waals surface area contributed by atoms with Crippen LogP contribution in [0.25, 0.3) is 17.0 Å². The van der Waals surface area contributed by atoms with E-state index in [-0.39, 0.29) is 5.82 Å². The second kappa shape index (κ2) is 6.52. The Morgan fingerprint density at radius 1 is 1.25 bits per heavy atom. The summed E-state index contributed by atoms with van der Waals surface area (Å²) in [6, 6.07) is 6.34. The SMILES string of the molecule is Fc1cccc(-c2nnc3c(NCC4CCOCC4)nccn23)c1. The Labute approximate surface area is 138 Å². The number of benzene rings is 1. The van der Waals surface area contributed by atoms with Crippen molar-refractivity contribution < 1.29 is 9.13 Å². The molecule has 0 unspecified atom stereocenters. The van der Waals surface area contributed by atoms with E-state index < -0.39 is 0 Å². The van der Waals surface area contributed by atoms with Crippen LogP contribution >= 0.6 is 0 Å². The van der Waals surface area contributed by atoms with Gasteiger partial charge in [-0.2, -0.15) is 0 Å². The molecular weight excluding hydrogens is 309 g/mol. The highest BCUT2D eigenvalue weighted by Gasteiger charge is 2.16. The van der Waals surface area contributed by atoms with E-state index in [0.29, 0.717) is 28.8 Å². The van der Waals surface area contributed by atoms with E-state index in [9.17, 15) is 4.39 Å². The topological polar surface area (TPSA) is 64.3 Å². The molecule has 0 spiro atoms. The minimum absolute atomic E-state index is 0.295. The Kier molecular flexibility index (Phi) is 4.08. The highest BCUT2D eigenvalue weighted by molar-refractivity contribution is 5.67. The van der Waals surface area contributed by atoms with Crippen LogP contribution in [0.1, 0.15) is 12.8 Å². The number of rotatable bonds is 4. The summed E-state index contributed by atoms with van der Waals surface area (Å²) in [6.07, 6.45) is 5.59. The van der Waals surface area contributed by atoms with Gasteiger partial charge in [-0.15, -0.1) is 10.2 Å². The molecule has 0 saturated carbocycles. The fourth-order valence-electron chi connectivity index (χ4n) is 2.97. The number of halogens is 1. The van der Waals surface area contributed by atoms with E-state index in [1.807, 2.05) is 10.5 Å². The fraction of sp³-hybridized carbons (Fsp3) is 0.353. The lowest BCUT2D eigenvalue weighted by Crippen LogP contribution is -2.23. The van der Waals surface area contributed by atoms with Crippen LogP contribution in [0.2, 0.25) is 0 Å². The second-order valence-corrected chi connectivity index (χ2v) is 5.94. The summed E-state index contributed by atoms with van der Waals surface area (Å²) >= 11 is 0. The molecule has 0 aliphatic carbocycles. The minimum atomic E-state index is -0.295. The summed E-state index contributed by atoms with van der Waals surface area (Å²) in [7, 11) is 0.